The maximum Gasteiger partial charge on any atom is 0.271 e. The van der Waals surface area contributed by atoms with Crippen LogP contribution in [-0.4, -0.2) is 23.1 Å². The number of nitrogens with zero attached hydrogens (tertiary/aromatic N) is 1. The summed E-state index contributed by atoms with van der Waals surface area (Å²) in [4.78, 5) is 23.7. The van der Waals surface area contributed by atoms with Gasteiger partial charge < -0.3 is 10.4 Å². The van der Waals surface area contributed by atoms with Crippen LogP contribution in [0.3, 0.4) is 0 Å². The zero-order valence-corrected chi connectivity index (χ0v) is 11.9. The van der Waals surface area contributed by atoms with E-state index in [1.54, 1.807) is 25.1 Å². The van der Waals surface area contributed by atoms with E-state index in [-0.39, 0.29) is 17.6 Å². The van der Waals surface area contributed by atoms with E-state index in [4.69, 9.17) is 0 Å². The molecule has 2 aromatic carbocycles. The number of amides is 2. The van der Waals surface area contributed by atoms with Gasteiger partial charge >= 0.3 is 0 Å². The molecule has 0 bridgehead atoms. The van der Waals surface area contributed by atoms with E-state index in [1.807, 2.05) is 0 Å². The van der Waals surface area contributed by atoms with Crippen LogP contribution < -0.4 is 10.7 Å². The molecule has 0 heterocycles. The maximum atomic E-state index is 12.1. The monoisotopic (exact) mass is 297 g/mol. The highest BCUT2D eigenvalue weighted by molar-refractivity contribution is 6.05. The molecule has 0 radical (unpaired) electrons. The minimum Gasteiger partial charge on any atom is -0.506 e. The fourth-order valence-electron chi connectivity index (χ4n) is 1.73. The second-order valence-electron chi connectivity index (χ2n) is 4.38. The molecule has 3 N–H and O–H groups in total. The van der Waals surface area contributed by atoms with Gasteiger partial charge in [0.15, 0.2) is 0 Å². The smallest absolute Gasteiger partial charge is 0.271 e. The number of rotatable bonds is 4. The van der Waals surface area contributed by atoms with Crippen LogP contribution in [0.5, 0.6) is 5.75 Å². The lowest BCUT2D eigenvalue weighted by molar-refractivity contribution is 0.0953. The minimum atomic E-state index is -0.375. The number of hydrogen-bond donors (Lipinski definition) is 3. The topological polar surface area (TPSA) is 90.8 Å². The number of anilines is 1. The number of hydrazone groups is 1. The molecule has 112 valence electrons. The Morgan fingerprint density at radius 1 is 1.00 bits per heavy atom. The highest BCUT2D eigenvalue weighted by Gasteiger charge is 2.10. The van der Waals surface area contributed by atoms with Crippen molar-refractivity contribution >= 4 is 23.7 Å². The molecule has 0 saturated heterocycles. The number of phenols is 1. The normalized spacial score (nSPS) is 10.4. The van der Waals surface area contributed by atoms with Gasteiger partial charge in [0.2, 0.25) is 0 Å². The second-order valence-corrected chi connectivity index (χ2v) is 4.38. The van der Waals surface area contributed by atoms with Crippen molar-refractivity contribution in [1.82, 2.24) is 5.43 Å². The zero-order chi connectivity index (χ0) is 15.9. The third kappa shape index (κ3) is 3.69. The van der Waals surface area contributed by atoms with Gasteiger partial charge in [0.05, 0.1) is 5.69 Å². The molecule has 0 spiro atoms. The first kappa shape index (κ1) is 15.2. The van der Waals surface area contributed by atoms with Gasteiger partial charge in [0.1, 0.15) is 5.75 Å². The zero-order valence-electron chi connectivity index (χ0n) is 11.9. The van der Waals surface area contributed by atoms with E-state index in [9.17, 15) is 14.7 Å². The van der Waals surface area contributed by atoms with E-state index in [0.717, 1.165) is 0 Å². The Balaban J connectivity index is 2.08. The Morgan fingerprint density at radius 2 is 1.59 bits per heavy atom. The Kier molecular flexibility index (Phi) is 4.87. The Labute approximate surface area is 127 Å². The summed E-state index contributed by atoms with van der Waals surface area (Å²) < 4.78 is 0. The summed E-state index contributed by atoms with van der Waals surface area (Å²) in [6.45, 7) is 1.69. The van der Waals surface area contributed by atoms with E-state index >= 15 is 0 Å². The van der Waals surface area contributed by atoms with Gasteiger partial charge in [-0.1, -0.05) is 12.1 Å². The molecular formula is C16H15N3O3. The summed E-state index contributed by atoms with van der Waals surface area (Å²) >= 11 is 0. The predicted octanol–water partition coefficient (Wildman–Crippen LogP) is 2.38. The number of carbonyl (C=O) groups excluding carboxylic acids is 2. The molecule has 0 atom stereocenters. The summed E-state index contributed by atoms with van der Waals surface area (Å²) in [5.41, 5.74) is 3.43. The van der Waals surface area contributed by atoms with Gasteiger partial charge in [-0.2, -0.15) is 5.10 Å². The number of hydrogen-bond acceptors (Lipinski definition) is 4. The standard InChI is InChI=1S/C16H15N3O3/c1-2-17-19-16(22)12-9-7-11(8-10-12)15(21)18-13-5-3-4-6-14(13)20/h2-10,20H,1H3,(H,18,21)(H,19,22)/b17-2+. The molecule has 2 rings (SSSR count). The molecule has 0 aliphatic rings. The fourth-order valence-corrected chi connectivity index (χ4v) is 1.73. The van der Waals surface area contributed by atoms with Crippen LogP contribution in [0.4, 0.5) is 5.69 Å². The van der Waals surface area contributed by atoms with Crippen LogP contribution in [0.25, 0.3) is 0 Å². The Morgan fingerprint density at radius 3 is 2.18 bits per heavy atom. The third-order valence-corrected chi connectivity index (χ3v) is 2.86. The van der Waals surface area contributed by atoms with Crippen LogP contribution in [0.15, 0.2) is 53.6 Å². The summed E-state index contributed by atoms with van der Waals surface area (Å²) in [5, 5.41) is 15.9. The second kappa shape index (κ2) is 7.03. The van der Waals surface area contributed by atoms with E-state index in [1.165, 1.54) is 36.5 Å². The van der Waals surface area contributed by atoms with Crippen molar-refractivity contribution in [3.8, 4) is 5.75 Å². The molecule has 0 aromatic heterocycles. The molecule has 0 aliphatic carbocycles. The first-order valence-electron chi connectivity index (χ1n) is 6.59. The van der Waals surface area contributed by atoms with Gasteiger partial charge in [-0.3, -0.25) is 9.59 Å². The Hall–Kier alpha value is -3.15. The largest absolute Gasteiger partial charge is 0.506 e. The van der Waals surface area contributed by atoms with Crippen molar-refractivity contribution in [3.63, 3.8) is 0 Å². The van der Waals surface area contributed by atoms with Gasteiger partial charge in [-0.15, -0.1) is 0 Å². The number of para-hydroxylation sites is 2. The van der Waals surface area contributed by atoms with Crippen molar-refractivity contribution in [2.45, 2.75) is 6.92 Å². The van der Waals surface area contributed by atoms with Crippen molar-refractivity contribution < 1.29 is 14.7 Å². The fraction of sp³-hybridized carbons (Fsp3) is 0.0625. The highest BCUT2D eigenvalue weighted by atomic mass is 16.3. The van der Waals surface area contributed by atoms with Gasteiger partial charge in [-0.05, 0) is 43.3 Å². The maximum absolute atomic E-state index is 12.1. The molecule has 2 aromatic rings. The molecule has 6 nitrogen and oxygen atoms in total. The number of carbonyl (C=O) groups is 2. The molecule has 0 saturated carbocycles. The third-order valence-electron chi connectivity index (χ3n) is 2.86. The molecule has 0 aliphatic heterocycles. The lowest BCUT2D eigenvalue weighted by Gasteiger charge is -2.07. The molecule has 0 fully saturated rings. The van der Waals surface area contributed by atoms with Crippen LogP contribution in [0.2, 0.25) is 0 Å². The summed E-state index contributed by atoms with van der Waals surface area (Å²) in [5.74, 6) is -0.741. The van der Waals surface area contributed by atoms with Crippen molar-refractivity contribution in [2.24, 2.45) is 5.10 Å². The number of phenolic OH excluding ortho intramolecular Hbond substituents is 1. The van der Waals surface area contributed by atoms with Crippen LogP contribution in [0, 0.1) is 0 Å². The first-order valence-corrected chi connectivity index (χ1v) is 6.59. The first-order chi connectivity index (χ1) is 10.6. The highest BCUT2D eigenvalue weighted by Crippen LogP contribution is 2.22. The lowest BCUT2D eigenvalue weighted by Crippen LogP contribution is -2.18. The van der Waals surface area contributed by atoms with Gasteiger partial charge in [0, 0.05) is 17.3 Å². The van der Waals surface area contributed by atoms with Crippen molar-refractivity contribution in [2.75, 3.05) is 5.32 Å². The predicted molar refractivity (Wildman–Crippen MR) is 84.1 cm³/mol. The molecule has 22 heavy (non-hydrogen) atoms. The summed E-state index contributed by atoms with van der Waals surface area (Å²) in [7, 11) is 0. The number of aromatic hydroxyl groups is 1. The van der Waals surface area contributed by atoms with Crippen LogP contribution in [0.1, 0.15) is 27.6 Å². The molecule has 6 heteroatoms. The average Bonchev–Trinajstić information content (AvgIpc) is 2.55. The van der Waals surface area contributed by atoms with Gasteiger partial charge in [-0.25, -0.2) is 5.43 Å². The Bertz CT molecular complexity index is 709. The van der Waals surface area contributed by atoms with Crippen LogP contribution >= 0.6 is 0 Å². The van der Waals surface area contributed by atoms with E-state index in [2.05, 4.69) is 15.8 Å². The molecule has 0 unspecified atom stereocenters. The minimum absolute atomic E-state index is 0.00993. The quantitative estimate of drug-likeness (QED) is 0.459. The SMILES string of the molecule is C/C=N/NC(=O)c1ccc(C(=O)Nc2ccccc2O)cc1. The lowest BCUT2D eigenvalue weighted by atomic mass is 10.1. The number of benzene rings is 2. The van der Waals surface area contributed by atoms with Gasteiger partial charge in [0.25, 0.3) is 11.8 Å². The summed E-state index contributed by atoms with van der Waals surface area (Å²) in [6.07, 6.45) is 1.46. The van der Waals surface area contributed by atoms with E-state index < -0.39 is 0 Å². The van der Waals surface area contributed by atoms with Crippen molar-refractivity contribution in [1.29, 1.82) is 0 Å². The molecule has 2 amide bonds. The van der Waals surface area contributed by atoms with E-state index in [0.29, 0.717) is 16.8 Å². The molecular weight excluding hydrogens is 282 g/mol. The average molecular weight is 297 g/mol. The van der Waals surface area contributed by atoms with Crippen molar-refractivity contribution in [3.05, 3.63) is 59.7 Å². The van der Waals surface area contributed by atoms with Crippen LogP contribution in [-0.2, 0) is 0 Å². The number of nitrogens with one attached hydrogen (secondary N) is 2. The summed E-state index contributed by atoms with van der Waals surface area (Å²) in [6, 6.07) is 12.6.